The Morgan fingerprint density at radius 2 is 0.829 bits per heavy atom. The predicted molar refractivity (Wildman–Crippen MR) is 122 cm³/mol. The highest BCUT2D eigenvalue weighted by Crippen LogP contribution is 2.86. The zero-order valence-corrected chi connectivity index (χ0v) is 21.8. The van der Waals surface area contributed by atoms with Crippen molar-refractivity contribution in [3.63, 3.8) is 0 Å². The average Bonchev–Trinajstić information content (AvgIpc) is 3.71. The van der Waals surface area contributed by atoms with Gasteiger partial charge in [0.2, 0.25) is 23.6 Å². The van der Waals surface area contributed by atoms with E-state index in [4.69, 9.17) is 4.74 Å². The first-order valence-electron chi connectivity index (χ1n) is 14.8. The third-order valence-corrected chi connectivity index (χ3v) is 13.2. The van der Waals surface area contributed by atoms with E-state index < -0.39 is 118 Å². The van der Waals surface area contributed by atoms with E-state index in [2.05, 4.69) is 0 Å². The Morgan fingerprint density at radius 1 is 0.537 bits per heavy atom. The van der Waals surface area contributed by atoms with Crippen molar-refractivity contribution in [1.29, 1.82) is 0 Å². The third kappa shape index (κ3) is 2.38. The van der Waals surface area contributed by atoms with E-state index in [-0.39, 0.29) is 25.9 Å². The summed E-state index contributed by atoms with van der Waals surface area (Å²) in [6.45, 7) is 0.123. The lowest BCUT2D eigenvalue weighted by atomic mass is 9.46. The van der Waals surface area contributed by atoms with Gasteiger partial charge in [-0.3, -0.25) is 29.0 Å². The van der Waals surface area contributed by atoms with Crippen LogP contribution in [0.1, 0.15) is 38.5 Å². The number of hydrogen-bond donors (Lipinski definition) is 0. The minimum absolute atomic E-state index is 0.0533. The molecule has 222 valence electrons. The molecule has 4 aliphatic carbocycles. The maximum absolute atomic E-state index is 15.5. The average molecular weight is 587 g/mol. The molecular formula is C28H28F6N2O5. The summed E-state index contributed by atoms with van der Waals surface area (Å²) in [7, 11) is 0. The number of nitrogens with zero attached hydrogens (tertiary/aromatic N) is 2. The molecule has 2 unspecified atom stereocenters. The third-order valence-electron chi connectivity index (χ3n) is 13.2. The number of fused-ring (bicyclic) bond motifs is 5. The summed E-state index contributed by atoms with van der Waals surface area (Å²) in [6.07, 6.45) is -8.45. The molecule has 14 atom stereocenters. The van der Waals surface area contributed by atoms with Crippen LogP contribution in [-0.2, 0) is 23.9 Å². The van der Waals surface area contributed by atoms with Crippen LogP contribution in [0.15, 0.2) is 0 Å². The molecule has 4 amide bonds. The van der Waals surface area contributed by atoms with Gasteiger partial charge < -0.3 is 4.74 Å². The fourth-order valence-electron chi connectivity index (χ4n) is 12.7. The van der Waals surface area contributed by atoms with Crippen LogP contribution in [0.3, 0.4) is 0 Å². The second kappa shape index (κ2) is 7.13. The predicted octanol–water partition coefficient (Wildman–Crippen LogP) is 3.17. The highest BCUT2D eigenvalue weighted by Gasteiger charge is 2.97. The largest absolute Gasteiger partial charge is 0.418 e. The number of amides is 4. The molecule has 0 N–H and O–H groups in total. The summed E-state index contributed by atoms with van der Waals surface area (Å²) in [5, 5.41) is 0. The topological polar surface area (TPSA) is 84.0 Å². The molecule has 7 nitrogen and oxygen atoms in total. The minimum Gasteiger partial charge on any atom is -0.348 e. The van der Waals surface area contributed by atoms with Gasteiger partial charge in [-0.15, -0.1) is 0 Å². The molecule has 0 aromatic carbocycles. The second-order valence-electron chi connectivity index (χ2n) is 14.1. The molecule has 6 saturated heterocycles. The van der Waals surface area contributed by atoms with Crippen molar-refractivity contribution >= 4 is 23.6 Å². The monoisotopic (exact) mass is 586 g/mol. The van der Waals surface area contributed by atoms with Crippen LogP contribution in [0.2, 0.25) is 0 Å². The highest BCUT2D eigenvalue weighted by molar-refractivity contribution is 6.07. The fraction of sp³-hybridized carbons (Fsp3) is 0.857. The van der Waals surface area contributed by atoms with Crippen LogP contribution in [0, 0.1) is 71.0 Å². The van der Waals surface area contributed by atoms with Crippen LogP contribution < -0.4 is 0 Å². The summed E-state index contributed by atoms with van der Waals surface area (Å²) in [5.74, 6) is -17.4. The van der Waals surface area contributed by atoms with Gasteiger partial charge >= 0.3 is 12.4 Å². The van der Waals surface area contributed by atoms with Crippen molar-refractivity contribution in [3.8, 4) is 0 Å². The molecule has 0 radical (unpaired) electrons. The summed E-state index contributed by atoms with van der Waals surface area (Å²) in [6, 6.07) is 0. The molecule has 10 rings (SSSR count). The van der Waals surface area contributed by atoms with Crippen molar-refractivity contribution in [2.75, 3.05) is 13.1 Å². The Hall–Kier alpha value is -2.18. The molecule has 10 fully saturated rings. The molecule has 0 spiro atoms. The lowest BCUT2D eigenvalue weighted by Gasteiger charge is -2.53. The zero-order chi connectivity index (χ0) is 28.8. The molecule has 41 heavy (non-hydrogen) atoms. The molecule has 6 aliphatic heterocycles. The van der Waals surface area contributed by atoms with E-state index in [9.17, 15) is 19.2 Å². The maximum atomic E-state index is 15.5. The molecule has 10 aliphatic rings. The van der Waals surface area contributed by atoms with Gasteiger partial charge in [0.15, 0.2) is 11.2 Å². The first-order chi connectivity index (χ1) is 19.3. The number of ether oxygens (including phenoxy) is 1. The van der Waals surface area contributed by atoms with E-state index in [1.807, 2.05) is 0 Å². The van der Waals surface area contributed by atoms with Gasteiger partial charge in [-0.05, 0) is 49.4 Å². The first-order valence-corrected chi connectivity index (χ1v) is 14.8. The van der Waals surface area contributed by atoms with Crippen LogP contribution >= 0.6 is 0 Å². The number of imide groups is 2. The Balaban J connectivity index is 1.28. The van der Waals surface area contributed by atoms with Gasteiger partial charge in [0.1, 0.15) is 0 Å². The Morgan fingerprint density at radius 3 is 1.10 bits per heavy atom. The smallest absolute Gasteiger partial charge is 0.348 e. The summed E-state index contributed by atoms with van der Waals surface area (Å²) in [5.41, 5.74) is -6.37. The van der Waals surface area contributed by atoms with Gasteiger partial charge in [0, 0.05) is 36.8 Å². The van der Waals surface area contributed by atoms with Crippen molar-refractivity contribution in [1.82, 2.24) is 9.80 Å². The summed E-state index contributed by atoms with van der Waals surface area (Å²) >= 11 is 0. The second-order valence-corrected chi connectivity index (χ2v) is 14.1. The van der Waals surface area contributed by atoms with Crippen molar-refractivity contribution < 1.29 is 50.3 Å². The highest BCUT2D eigenvalue weighted by atomic mass is 19.4. The number of alkyl halides is 6. The lowest BCUT2D eigenvalue weighted by Crippen LogP contribution is -2.66. The van der Waals surface area contributed by atoms with E-state index in [0.29, 0.717) is 25.7 Å². The maximum Gasteiger partial charge on any atom is 0.418 e. The molecule has 6 heterocycles. The molecule has 4 saturated carbocycles. The minimum atomic E-state index is -5.21. The van der Waals surface area contributed by atoms with Gasteiger partial charge in [-0.1, -0.05) is 12.8 Å². The van der Waals surface area contributed by atoms with Crippen molar-refractivity contribution in [2.24, 2.45) is 71.0 Å². The Labute approximate surface area is 230 Å². The van der Waals surface area contributed by atoms with E-state index in [0.717, 1.165) is 9.80 Å². The van der Waals surface area contributed by atoms with E-state index in [1.165, 1.54) is 0 Å². The summed E-state index contributed by atoms with van der Waals surface area (Å²) in [4.78, 5) is 56.3. The number of hydrogen-bond acceptors (Lipinski definition) is 5. The van der Waals surface area contributed by atoms with E-state index >= 15 is 26.3 Å². The van der Waals surface area contributed by atoms with Crippen molar-refractivity contribution in [3.05, 3.63) is 0 Å². The number of rotatable bonds is 0. The normalized spacial score (nSPS) is 54.5. The van der Waals surface area contributed by atoms with Gasteiger partial charge in [0.05, 0.1) is 23.7 Å². The van der Waals surface area contributed by atoms with E-state index in [1.54, 1.807) is 0 Å². The van der Waals surface area contributed by atoms with Crippen molar-refractivity contribution in [2.45, 2.75) is 62.1 Å². The number of halogens is 6. The van der Waals surface area contributed by atoms with Gasteiger partial charge in [-0.2, -0.15) is 26.3 Å². The van der Waals surface area contributed by atoms with Crippen LogP contribution in [0.25, 0.3) is 0 Å². The quantitative estimate of drug-likeness (QED) is 0.322. The zero-order valence-electron chi connectivity index (χ0n) is 21.8. The van der Waals surface area contributed by atoms with Crippen LogP contribution in [0.4, 0.5) is 26.3 Å². The number of carbonyl (C=O) groups is 4. The fourth-order valence-corrected chi connectivity index (χ4v) is 12.7. The number of carbonyl (C=O) groups excluding carboxylic acids is 4. The van der Waals surface area contributed by atoms with Gasteiger partial charge in [0.25, 0.3) is 0 Å². The van der Waals surface area contributed by atoms with Crippen LogP contribution in [-0.4, -0.2) is 70.1 Å². The first kappa shape index (κ1) is 25.3. The molecule has 0 aromatic rings. The van der Waals surface area contributed by atoms with Gasteiger partial charge in [-0.25, -0.2) is 0 Å². The Kier molecular flexibility index (Phi) is 4.40. The van der Waals surface area contributed by atoms with Crippen LogP contribution in [0.5, 0.6) is 0 Å². The standard InChI is InChI=1S/C28H28F6N2O5/c29-27(30,31)25-17-9-7-10-14-13(9)21(37)35(22(14)38)5-3-1-2-4-6-36-23(39)15-11-8-12(16(15)24(36)40)20(19(11)25)26(41-25,18(10)17)28(32,33)34/h9-20H,1-8H2/t9-,10+,11+,12-,13-,14+,15+,16-,17-,18+,19+,20-,25?,26?. The lowest BCUT2D eigenvalue weighted by molar-refractivity contribution is -0.329. The molecule has 12 bridgehead atoms. The molecule has 0 aromatic heterocycles. The summed E-state index contributed by atoms with van der Waals surface area (Å²) < 4.78 is 98.9. The molecule has 13 heteroatoms. The molecular weight excluding hydrogens is 558 g/mol. The Bertz CT molecular complexity index is 1160. The SMILES string of the molecule is O=C1[C@@H]2[C@H]3C[C@H]4[C@@H]2C(=O)N1CCCCCCN1C(=O)[C@@H]2[C@H]5C[C@@H]([C@@H]2C1=O)[C@H]1[C@@H]5C2(C(F)(F)F)OC1(C(F)(F)F)[C@H]3[C@H]42.